The van der Waals surface area contributed by atoms with E-state index in [1.807, 2.05) is 71.9 Å². The van der Waals surface area contributed by atoms with E-state index in [2.05, 4.69) is 0 Å². The molecule has 1 N–H and O–H groups in total. The van der Waals surface area contributed by atoms with Crippen molar-refractivity contribution in [3.63, 3.8) is 0 Å². The Labute approximate surface area is 339 Å². The molecule has 11 nitrogen and oxygen atoms in total. The lowest BCUT2D eigenvalue weighted by atomic mass is 10.1. The Kier molecular flexibility index (Phi) is 27.8. The predicted molar refractivity (Wildman–Crippen MR) is 222 cm³/mol. The zero-order valence-electron chi connectivity index (χ0n) is 36.1. The van der Waals surface area contributed by atoms with E-state index in [9.17, 15) is 19.2 Å². The van der Waals surface area contributed by atoms with Gasteiger partial charge in [-0.05, 0) is 85.6 Å². The van der Waals surface area contributed by atoms with E-state index in [0.717, 1.165) is 108 Å². The third-order valence-corrected chi connectivity index (χ3v) is 9.09. The van der Waals surface area contributed by atoms with Crippen LogP contribution in [0.5, 0.6) is 0 Å². The second-order valence-corrected chi connectivity index (χ2v) is 16.9. The maximum absolute atomic E-state index is 12.9. The largest absolute Gasteiger partial charge is 0.466 e. The van der Waals surface area contributed by atoms with Gasteiger partial charge in [0.2, 0.25) is 0 Å². The molecule has 0 atom stereocenters. The number of aliphatic hydroxyl groups excluding tert-OH is 1. The van der Waals surface area contributed by atoms with Gasteiger partial charge in [0.15, 0.2) is 0 Å². The first-order valence-corrected chi connectivity index (χ1v) is 21.6. The highest BCUT2D eigenvalue weighted by atomic mass is 16.6. The van der Waals surface area contributed by atoms with E-state index in [4.69, 9.17) is 24.1 Å². The zero-order valence-corrected chi connectivity index (χ0v) is 36.1. The third-order valence-electron chi connectivity index (χ3n) is 9.09. The van der Waals surface area contributed by atoms with Crippen molar-refractivity contribution in [3.8, 4) is 0 Å². The summed E-state index contributed by atoms with van der Waals surface area (Å²) in [6, 6.07) is 9.73. The second kappa shape index (κ2) is 30.8. The van der Waals surface area contributed by atoms with Crippen molar-refractivity contribution in [2.24, 2.45) is 0 Å². The lowest BCUT2D eigenvalue weighted by Crippen LogP contribution is -2.38. The van der Waals surface area contributed by atoms with Crippen molar-refractivity contribution < 1.29 is 43.2 Å². The highest BCUT2D eigenvalue weighted by Crippen LogP contribution is 2.16. The monoisotopic (exact) mass is 791 g/mol. The molecule has 0 heterocycles. The summed E-state index contributed by atoms with van der Waals surface area (Å²) in [5.41, 5.74) is -0.109. The molecular weight excluding hydrogens is 713 g/mol. The van der Waals surface area contributed by atoms with Crippen molar-refractivity contribution in [1.29, 1.82) is 0 Å². The highest BCUT2D eigenvalue weighted by Gasteiger charge is 2.23. The summed E-state index contributed by atoms with van der Waals surface area (Å²) in [5, 5.41) is 9.17. The van der Waals surface area contributed by atoms with Gasteiger partial charge in [0.25, 0.3) is 0 Å². The SMILES string of the molecule is CC(C)(C)OC(=O)N(CCCO)CCCCCCCCCCC(=O)OCCCN(CCCCCCCCCCC(=O)OCc1ccccc1)C(=O)OC(C)(C)C. The lowest BCUT2D eigenvalue weighted by molar-refractivity contribution is -0.145. The number of aliphatic hydroxyl groups is 1. The average Bonchev–Trinajstić information content (AvgIpc) is 3.13. The summed E-state index contributed by atoms with van der Waals surface area (Å²) in [6.45, 7) is 14.1. The van der Waals surface area contributed by atoms with Crippen LogP contribution in [0.2, 0.25) is 0 Å². The quantitative estimate of drug-likeness (QED) is 0.0443. The van der Waals surface area contributed by atoms with Crippen LogP contribution in [0.15, 0.2) is 30.3 Å². The number of nitrogens with zero attached hydrogens (tertiary/aromatic N) is 2. The van der Waals surface area contributed by atoms with Crippen LogP contribution in [0.1, 0.15) is 176 Å². The molecule has 0 radical (unpaired) electrons. The Bertz CT molecular complexity index is 1180. The minimum Gasteiger partial charge on any atom is -0.466 e. The smallest absolute Gasteiger partial charge is 0.410 e. The highest BCUT2D eigenvalue weighted by molar-refractivity contribution is 5.70. The number of hydrogen-bond donors (Lipinski definition) is 1. The van der Waals surface area contributed by atoms with Gasteiger partial charge in [0.1, 0.15) is 17.8 Å². The first kappa shape index (κ1) is 50.7. The van der Waals surface area contributed by atoms with E-state index in [-0.39, 0.29) is 37.3 Å². The minimum absolute atomic E-state index is 0.0515. The van der Waals surface area contributed by atoms with Crippen LogP contribution in [-0.4, -0.2) is 89.6 Å². The van der Waals surface area contributed by atoms with Crippen LogP contribution in [0.25, 0.3) is 0 Å². The van der Waals surface area contributed by atoms with Crippen molar-refractivity contribution in [3.05, 3.63) is 35.9 Å². The fraction of sp³-hybridized carbons (Fsp3) is 0.778. The molecule has 0 bridgehead atoms. The van der Waals surface area contributed by atoms with Crippen molar-refractivity contribution in [2.45, 2.75) is 188 Å². The first-order valence-electron chi connectivity index (χ1n) is 21.6. The van der Waals surface area contributed by atoms with Crippen LogP contribution in [0.3, 0.4) is 0 Å². The van der Waals surface area contributed by atoms with Gasteiger partial charge in [-0.2, -0.15) is 0 Å². The summed E-state index contributed by atoms with van der Waals surface area (Å²) in [4.78, 5) is 53.1. The molecule has 56 heavy (non-hydrogen) atoms. The molecule has 0 aliphatic heterocycles. The number of carbonyl (C=O) groups is 4. The Morgan fingerprint density at radius 1 is 0.500 bits per heavy atom. The van der Waals surface area contributed by atoms with E-state index in [0.29, 0.717) is 58.5 Å². The molecule has 0 spiro atoms. The Hall–Kier alpha value is -3.34. The molecule has 2 amide bonds. The molecule has 0 saturated heterocycles. The van der Waals surface area contributed by atoms with E-state index in [1.54, 1.807) is 9.80 Å². The number of carbonyl (C=O) groups excluding carboxylic acids is 4. The van der Waals surface area contributed by atoms with Gasteiger partial charge in [0, 0.05) is 45.6 Å². The van der Waals surface area contributed by atoms with Crippen LogP contribution < -0.4 is 0 Å². The molecule has 0 aliphatic rings. The van der Waals surface area contributed by atoms with Crippen molar-refractivity contribution in [1.82, 2.24) is 9.80 Å². The predicted octanol–water partition coefficient (Wildman–Crippen LogP) is 10.5. The number of benzene rings is 1. The molecule has 0 unspecified atom stereocenters. The molecule has 0 saturated carbocycles. The average molecular weight is 791 g/mol. The Morgan fingerprint density at radius 2 is 0.875 bits per heavy atom. The van der Waals surface area contributed by atoms with Gasteiger partial charge in [-0.3, -0.25) is 9.59 Å². The van der Waals surface area contributed by atoms with Gasteiger partial charge in [-0.25, -0.2) is 9.59 Å². The summed E-state index contributed by atoms with van der Waals surface area (Å²) in [7, 11) is 0. The summed E-state index contributed by atoms with van der Waals surface area (Å²) in [6.07, 6.45) is 17.8. The molecule has 0 aliphatic carbocycles. The van der Waals surface area contributed by atoms with Crippen molar-refractivity contribution >= 4 is 24.1 Å². The normalized spacial score (nSPS) is 11.6. The third kappa shape index (κ3) is 29.9. The standard InChI is InChI=1S/C45H78N2O9/c1-44(2,3)55-42(51)46(34-26-36-48)32-24-17-13-9-7-11-15-22-30-40(49)53-37-27-35-47(43(52)56-45(4,5)6)33-25-18-14-10-8-12-16-23-31-41(50)54-38-39-28-20-19-21-29-39/h19-21,28-29,48H,7-18,22-27,30-38H2,1-6H3. The number of rotatable bonds is 31. The van der Waals surface area contributed by atoms with Crippen molar-refractivity contribution in [2.75, 3.05) is 39.4 Å². The molecule has 11 heteroatoms. The van der Waals surface area contributed by atoms with Gasteiger partial charge in [0.05, 0.1) is 6.61 Å². The molecular formula is C45H78N2O9. The maximum Gasteiger partial charge on any atom is 0.410 e. The van der Waals surface area contributed by atoms with Crippen LogP contribution in [-0.2, 0) is 35.1 Å². The topological polar surface area (TPSA) is 132 Å². The van der Waals surface area contributed by atoms with Crippen LogP contribution in [0.4, 0.5) is 9.59 Å². The maximum atomic E-state index is 12.9. The molecule has 1 aromatic carbocycles. The van der Waals surface area contributed by atoms with Gasteiger partial charge in [-0.1, -0.05) is 107 Å². The van der Waals surface area contributed by atoms with Crippen LogP contribution >= 0.6 is 0 Å². The van der Waals surface area contributed by atoms with E-state index >= 15 is 0 Å². The lowest BCUT2D eigenvalue weighted by Gasteiger charge is -2.27. The fourth-order valence-electron chi connectivity index (χ4n) is 6.09. The van der Waals surface area contributed by atoms with Crippen LogP contribution in [0, 0.1) is 0 Å². The van der Waals surface area contributed by atoms with Gasteiger partial charge < -0.3 is 33.9 Å². The first-order chi connectivity index (χ1) is 26.7. The molecule has 1 aromatic rings. The Balaban J connectivity index is 2.13. The summed E-state index contributed by atoms with van der Waals surface area (Å²) in [5.74, 6) is -0.324. The number of unbranched alkanes of at least 4 members (excludes halogenated alkanes) is 14. The van der Waals surface area contributed by atoms with Gasteiger partial charge >= 0.3 is 24.1 Å². The van der Waals surface area contributed by atoms with E-state index in [1.165, 1.54) is 0 Å². The van der Waals surface area contributed by atoms with Gasteiger partial charge in [-0.15, -0.1) is 0 Å². The Morgan fingerprint density at radius 3 is 1.30 bits per heavy atom. The number of amides is 2. The zero-order chi connectivity index (χ0) is 41.5. The number of hydrogen-bond acceptors (Lipinski definition) is 9. The summed E-state index contributed by atoms with van der Waals surface area (Å²) >= 11 is 0. The minimum atomic E-state index is -0.577. The molecule has 1 rings (SSSR count). The number of esters is 2. The second-order valence-electron chi connectivity index (χ2n) is 16.9. The molecule has 0 fully saturated rings. The number of ether oxygens (including phenoxy) is 4. The summed E-state index contributed by atoms with van der Waals surface area (Å²) < 4.78 is 22.0. The molecule has 0 aromatic heterocycles. The fourth-order valence-corrected chi connectivity index (χ4v) is 6.09. The van der Waals surface area contributed by atoms with E-state index < -0.39 is 11.2 Å². The molecule has 322 valence electrons.